The van der Waals surface area contributed by atoms with Crippen molar-refractivity contribution >= 4 is 28.2 Å². The van der Waals surface area contributed by atoms with E-state index >= 15 is 0 Å². The van der Waals surface area contributed by atoms with Crippen LogP contribution in [0.3, 0.4) is 0 Å². The molecule has 0 bridgehead atoms. The molecular weight excluding hydrogens is 324 g/mol. The molecule has 2 aromatic rings. The molecule has 0 saturated carbocycles. The van der Waals surface area contributed by atoms with Crippen molar-refractivity contribution in [3.05, 3.63) is 22.8 Å². The third kappa shape index (κ3) is 3.76. The molecule has 24 heavy (non-hydrogen) atoms. The fraction of sp³-hybridized carbons (Fsp3) is 0.562. The van der Waals surface area contributed by atoms with Crippen molar-refractivity contribution in [1.82, 2.24) is 19.7 Å². The van der Waals surface area contributed by atoms with Gasteiger partial charge < -0.3 is 10.2 Å². The van der Waals surface area contributed by atoms with Gasteiger partial charge in [0.2, 0.25) is 5.91 Å². The molecule has 0 unspecified atom stereocenters. The van der Waals surface area contributed by atoms with Crippen molar-refractivity contribution < 1.29 is 4.79 Å². The van der Waals surface area contributed by atoms with Gasteiger partial charge in [0.15, 0.2) is 5.13 Å². The third-order valence-electron chi connectivity index (χ3n) is 4.20. The Hall–Kier alpha value is -1.93. The van der Waals surface area contributed by atoms with Crippen molar-refractivity contribution in [2.75, 3.05) is 36.4 Å². The lowest BCUT2D eigenvalue weighted by Gasteiger charge is -2.39. The zero-order valence-corrected chi connectivity index (χ0v) is 15.4. The fourth-order valence-electron chi connectivity index (χ4n) is 3.05. The predicted molar refractivity (Wildman–Crippen MR) is 96.7 cm³/mol. The molecule has 3 rings (SSSR count). The number of anilines is 2. The lowest BCUT2D eigenvalue weighted by molar-refractivity contribution is -0.117. The molecule has 0 radical (unpaired) electrons. The smallest absolute Gasteiger partial charge is 0.239 e. The van der Waals surface area contributed by atoms with Crippen molar-refractivity contribution in [3.8, 4) is 0 Å². The minimum absolute atomic E-state index is 0.00347. The predicted octanol–water partition coefficient (Wildman–Crippen LogP) is 1.64. The number of aromatic nitrogens is 3. The molecule has 0 aliphatic carbocycles. The molecule has 1 amide bonds. The highest BCUT2D eigenvalue weighted by atomic mass is 32.1. The Balaban J connectivity index is 1.54. The minimum Gasteiger partial charge on any atom is -0.343 e. The molecule has 130 valence electrons. The average molecular weight is 348 g/mol. The molecule has 1 aliphatic rings. The Bertz CT molecular complexity index is 724. The summed E-state index contributed by atoms with van der Waals surface area (Å²) in [5.41, 5.74) is 1.96. The van der Waals surface area contributed by atoms with Gasteiger partial charge in [-0.05, 0) is 20.8 Å². The summed E-state index contributed by atoms with van der Waals surface area (Å²) in [7, 11) is 1.83. The number of hydrogen-bond donors (Lipinski definition) is 1. The minimum atomic E-state index is 0.00347. The van der Waals surface area contributed by atoms with Crippen LogP contribution in [0.5, 0.6) is 0 Å². The summed E-state index contributed by atoms with van der Waals surface area (Å²) in [5, 5.41) is 10.3. The first-order chi connectivity index (χ1) is 11.4. The molecule has 1 N–H and O–H groups in total. The van der Waals surface area contributed by atoms with Crippen LogP contribution in [0, 0.1) is 13.8 Å². The zero-order chi connectivity index (χ0) is 17.3. The van der Waals surface area contributed by atoms with Gasteiger partial charge in [0, 0.05) is 44.2 Å². The van der Waals surface area contributed by atoms with Crippen LogP contribution in [0.1, 0.15) is 18.3 Å². The quantitative estimate of drug-likeness (QED) is 0.910. The number of carbonyl (C=O) groups is 1. The van der Waals surface area contributed by atoms with E-state index in [4.69, 9.17) is 0 Å². The molecule has 8 heteroatoms. The highest BCUT2D eigenvalue weighted by molar-refractivity contribution is 7.13. The first-order valence-electron chi connectivity index (χ1n) is 8.14. The Kier molecular flexibility index (Phi) is 4.86. The first kappa shape index (κ1) is 16.9. The number of aryl methyl sites for hydroxylation is 3. The monoisotopic (exact) mass is 348 g/mol. The number of piperazine rings is 1. The van der Waals surface area contributed by atoms with E-state index in [1.807, 2.05) is 27.0 Å². The maximum absolute atomic E-state index is 12.3. The van der Waals surface area contributed by atoms with Crippen molar-refractivity contribution in [2.24, 2.45) is 7.05 Å². The van der Waals surface area contributed by atoms with Crippen molar-refractivity contribution in [1.29, 1.82) is 0 Å². The Morgan fingerprint density at radius 1 is 1.38 bits per heavy atom. The van der Waals surface area contributed by atoms with E-state index in [-0.39, 0.29) is 5.91 Å². The summed E-state index contributed by atoms with van der Waals surface area (Å²) in [6.07, 6.45) is 0. The van der Waals surface area contributed by atoms with Gasteiger partial charge in [0.1, 0.15) is 5.82 Å². The SMILES string of the molecule is Cc1csc(N2CCN(CC(=O)Nc3cc(C)nn3C)C[C@@H]2C)n1. The van der Waals surface area contributed by atoms with Crippen LogP contribution in [0.25, 0.3) is 0 Å². The van der Waals surface area contributed by atoms with E-state index < -0.39 is 0 Å². The topological polar surface area (TPSA) is 66.3 Å². The van der Waals surface area contributed by atoms with Crippen LogP contribution in [-0.2, 0) is 11.8 Å². The number of amides is 1. The largest absolute Gasteiger partial charge is 0.343 e. The second kappa shape index (κ2) is 6.90. The Labute approximate surface area is 146 Å². The number of nitrogens with zero attached hydrogens (tertiary/aromatic N) is 5. The lowest BCUT2D eigenvalue weighted by atomic mass is 10.2. The molecular formula is C16H24N6OS. The number of thiazole rings is 1. The van der Waals surface area contributed by atoms with E-state index in [1.165, 1.54) is 0 Å². The van der Waals surface area contributed by atoms with Crippen LogP contribution in [0.15, 0.2) is 11.4 Å². The standard InChI is InChI=1S/C16H24N6OS/c1-11-7-14(20(4)19-11)18-15(23)9-21-5-6-22(13(3)8-21)16-17-12(2)10-24-16/h7,10,13H,5-6,8-9H2,1-4H3,(H,18,23)/t13-/m0/s1. The summed E-state index contributed by atoms with van der Waals surface area (Å²) in [6.45, 7) is 9.14. The van der Waals surface area contributed by atoms with Gasteiger partial charge in [-0.1, -0.05) is 0 Å². The molecule has 1 fully saturated rings. The maximum atomic E-state index is 12.3. The first-order valence-corrected chi connectivity index (χ1v) is 9.02. The molecule has 1 atom stereocenters. The van der Waals surface area contributed by atoms with Gasteiger partial charge in [0.05, 0.1) is 17.9 Å². The van der Waals surface area contributed by atoms with Crippen LogP contribution in [0.2, 0.25) is 0 Å². The molecule has 0 spiro atoms. The molecule has 2 aromatic heterocycles. The summed E-state index contributed by atoms with van der Waals surface area (Å²) in [5.74, 6) is 0.742. The zero-order valence-electron chi connectivity index (χ0n) is 14.6. The Morgan fingerprint density at radius 2 is 2.17 bits per heavy atom. The van der Waals surface area contributed by atoms with E-state index in [0.717, 1.165) is 42.0 Å². The van der Waals surface area contributed by atoms with Crippen LogP contribution in [0.4, 0.5) is 10.9 Å². The van der Waals surface area contributed by atoms with Gasteiger partial charge in [-0.2, -0.15) is 5.10 Å². The highest BCUT2D eigenvalue weighted by Gasteiger charge is 2.26. The van der Waals surface area contributed by atoms with Gasteiger partial charge in [0.25, 0.3) is 0 Å². The molecule has 3 heterocycles. The third-order valence-corrected chi connectivity index (χ3v) is 5.20. The van der Waals surface area contributed by atoms with E-state index in [1.54, 1.807) is 16.0 Å². The second-order valence-corrected chi connectivity index (χ2v) is 7.23. The van der Waals surface area contributed by atoms with Crippen LogP contribution in [-0.4, -0.2) is 57.8 Å². The van der Waals surface area contributed by atoms with Crippen LogP contribution < -0.4 is 10.2 Å². The van der Waals surface area contributed by atoms with E-state index in [9.17, 15) is 4.79 Å². The fourth-order valence-corrected chi connectivity index (χ4v) is 3.98. The number of hydrogen-bond acceptors (Lipinski definition) is 6. The summed E-state index contributed by atoms with van der Waals surface area (Å²) < 4.78 is 1.69. The molecule has 7 nitrogen and oxygen atoms in total. The highest BCUT2D eigenvalue weighted by Crippen LogP contribution is 2.24. The van der Waals surface area contributed by atoms with Crippen molar-refractivity contribution in [3.63, 3.8) is 0 Å². The van der Waals surface area contributed by atoms with Gasteiger partial charge >= 0.3 is 0 Å². The van der Waals surface area contributed by atoms with E-state index in [0.29, 0.717) is 12.6 Å². The Morgan fingerprint density at radius 3 is 2.75 bits per heavy atom. The molecule has 1 saturated heterocycles. The maximum Gasteiger partial charge on any atom is 0.239 e. The number of carbonyl (C=O) groups excluding carboxylic acids is 1. The second-order valence-electron chi connectivity index (χ2n) is 6.39. The van der Waals surface area contributed by atoms with Crippen LogP contribution >= 0.6 is 11.3 Å². The van der Waals surface area contributed by atoms with Gasteiger partial charge in [-0.3, -0.25) is 14.4 Å². The summed E-state index contributed by atoms with van der Waals surface area (Å²) >= 11 is 1.69. The normalized spacial score (nSPS) is 18.8. The van der Waals surface area contributed by atoms with Gasteiger partial charge in [-0.25, -0.2) is 4.98 Å². The lowest BCUT2D eigenvalue weighted by Crippen LogP contribution is -2.53. The summed E-state index contributed by atoms with van der Waals surface area (Å²) in [4.78, 5) is 21.4. The molecule has 0 aromatic carbocycles. The number of nitrogens with one attached hydrogen (secondary N) is 1. The van der Waals surface area contributed by atoms with Gasteiger partial charge in [-0.15, -0.1) is 11.3 Å². The van der Waals surface area contributed by atoms with E-state index in [2.05, 4.69) is 37.5 Å². The number of rotatable bonds is 4. The summed E-state index contributed by atoms with van der Waals surface area (Å²) in [6, 6.07) is 2.22. The molecule has 1 aliphatic heterocycles. The van der Waals surface area contributed by atoms with Crippen molar-refractivity contribution in [2.45, 2.75) is 26.8 Å². The average Bonchev–Trinajstić information content (AvgIpc) is 3.05.